The summed E-state index contributed by atoms with van der Waals surface area (Å²) in [5.74, 6) is 0.306. The first kappa shape index (κ1) is 33.9. The van der Waals surface area contributed by atoms with E-state index in [4.69, 9.17) is 21.3 Å². The van der Waals surface area contributed by atoms with Gasteiger partial charge in [-0.15, -0.1) is 6.42 Å². The highest BCUT2D eigenvalue weighted by molar-refractivity contribution is 5.83. The molecule has 14 heteroatoms. The molecule has 0 aliphatic carbocycles. The average molecular weight is 616 g/mol. The third-order valence-electron chi connectivity index (χ3n) is 7.05. The molecular formula is C30H36F3N7O4. The maximum atomic E-state index is 13.2. The molecule has 44 heavy (non-hydrogen) atoms. The van der Waals surface area contributed by atoms with E-state index in [0.29, 0.717) is 42.1 Å². The molecule has 236 valence electrons. The number of nitrogens with one attached hydrogen (secondary N) is 1. The molecular weight excluding hydrogens is 579 g/mol. The first-order valence-electron chi connectivity index (χ1n) is 13.9. The highest BCUT2D eigenvalue weighted by atomic mass is 19.4. The molecule has 2 aromatic heterocycles. The van der Waals surface area contributed by atoms with Crippen LogP contribution < -0.4 is 15.8 Å². The number of carboxylic acids is 1. The molecule has 1 amide bonds. The minimum atomic E-state index is -5.08. The van der Waals surface area contributed by atoms with Crippen LogP contribution in [-0.2, 0) is 9.59 Å². The summed E-state index contributed by atoms with van der Waals surface area (Å²) in [5.41, 5.74) is 2.68. The molecule has 4 rings (SSSR count). The van der Waals surface area contributed by atoms with Crippen molar-refractivity contribution in [2.24, 2.45) is 0 Å². The summed E-state index contributed by atoms with van der Waals surface area (Å²) in [6, 6.07) is 9.35. The van der Waals surface area contributed by atoms with Gasteiger partial charge in [0.1, 0.15) is 5.65 Å². The Balaban J connectivity index is 0.000000676. The smallest absolute Gasteiger partial charge is 0.475 e. The van der Waals surface area contributed by atoms with E-state index in [2.05, 4.69) is 47.2 Å². The number of nitrogens with zero attached hydrogens (tertiary/aromatic N) is 6. The third-order valence-corrected chi connectivity index (χ3v) is 7.05. The van der Waals surface area contributed by atoms with E-state index in [9.17, 15) is 22.8 Å². The van der Waals surface area contributed by atoms with Gasteiger partial charge in [0.2, 0.25) is 11.9 Å². The Morgan fingerprint density at radius 1 is 1.18 bits per heavy atom. The maximum absolute atomic E-state index is 13.2. The van der Waals surface area contributed by atoms with Crippen molar-refractivity contribution in [3.63, 3.8) is 0 Å². The molecule has 11 nitrogen and oxygen atoms in total. The van der Waals surface area contributed by atoms with Gasteiger partial charge < -0.3 is 25.1 Å². The zero-order valence-electron chi connectivity index (χ0n) is 25.1. The lowest BCUT2D eigenvalue weighted by Crippen LogP contribution is -2.42. The lowest BCUT2D eigenvalue weighted by Gasteiger charge is -2.34. The number of amides is 1. The van der Waals surface area contributed by atoms with Gasteiger partial charge in [0.15, 0.2) is 0 Å². The van der Waals surface area contributed by atoms with E-state index < -0.39 is 12.1 Å². The number of hydrogen-bond acceptors (Lipinski definition) is 8. The SMILES string of the molecule is C#Cc1cc(=O)n([C@@H]2CCCN(C(=O)CC)C2)c2nc(Nc3ccc(N(C)CCN(C)C)cc3)ncc12.O=C(O)C(F)(F)F. The molecule has 1 aliphatic heterocycles. The molecule has 3 aromatic rings. The molecule has 1 saturated heterocycles. The van der Waals surface area contributed by atoms with Gasteiger partial charge >= 0.3 is 12.1 Å². The zero-order chi connectivity index (χ0) is 32.6. The van der Waals surface area contributed by atoms with Crippen LogP contribution in [0.25, 0.3) is 11.0 Å². The maximum Gasteiger partial charge on any atom is 0.490 e. The molecule has 0 bridgehead atoms. The third kappa shape index (κ3) is 8.70. The number of terminal acetylenes is 1. The fraction of sp³-hybridized carbons (Fsp3) is 0.433. The van der Waals surface area contributed by atoms with Crippen molar-refractivity contribution in [2.45, 2.75) is 38.4 Å². The van der Waals surface area contributed by atoms with Crippen LogP contribution in [0.3, 0.4) is 0 Å². The van der Waals surface area contributed by atoms with Gasteiger partial charge in [-0.2, -0.15) is 18.2 Å². The number of likely N-dealkylation sites (N-methyl/N-ethyl adjacent to an activating group) is 2. The topological polar surface area (TPSA) is 124 Å². The van der Waals surface area contributed by atoms with Crippen LogP contribution >= 0.6 is 0 Å². The zero-order valence-corrected chi connectivity index (χ0v) is 25.1. The average Bonchev–Trinajstić information content (AvgIpc) is 2.99. The van der Waals surface area contributed by atoms with E-state index in [1.165, 1.54) is 6.07 Å². The Morgan fingerprint density at radius 3 is 2.41 bits per heavy atom. The van der Waals surface area contributed by atoms with Crippen molar-refractivity contribution in [1.82, 2.24) is 24.3 Å². The van der Waals surface area contributed by atoms with Gasteiger partial charge in [0, 0.05) is 68.8 Å². The number of aromatic nitrogens is 3. The van der Waals surface area contributed by atoms with Crippen LogP contribution in [0.4, 0.5) is 30.5 Å². The van der Waals surface area contributed by atoms with Crippen molar-refractivity contribution >= 4 is 40.2 Å². The van der Waals surface area contributed by atoms with E-state index >= 15 is 0 Å². The minimum Gasteiger partial charge on any atom is -0.475 e. The monoisotopic (exact) mass is 615 g/mol. The molecule has 3 heterocycles. The highest BCUT2D eigenvalue weighted by Gasteiger charge is 2.38. The van der Waals surface area contributed by atoms with Crippen molar-refractivity contribution in [1.29, 1.82) is 0 Å². The Kier molecular flexibility index (Phi) is 11.3. The second-order valence-electron chi connectivity index (χ2n) is 10.5. The predicted molar refractivity (Wildman–Crippen MR) is 162 cm³/mol. The van der Waals surface area contributed by atoms with Crippen LogP contribution in [0.1, 0.15) is 37.8 Å². The van der Waals surface area contributed by atoms with Gasteiger partial charge in [-0.25, -0.2) is 9.78 Å². The van der Waals surface area contributed by atoms with Crippen molar-refractivity contribution in [3.05, 3.63) is 52.4 Å². The van der Waals surface area contributed by atoms with Crippen LogP contribution in [0.2, 0.25) is 0 Å². The summed E-state index contributed by atoms with van der Waals surface area (Å²) in [6.07, 6.45) is 4.34. The molecule has 0 radical (unpaired) electrons. The quantitative estimate of drug-likeness (QED) is 0.365. The molecule has 0 saturated carbocycles. The number of likely N-dealkylation sites (tertiary alicyclic amines) is 1. The number of carbonyl (C=O) groups excluding carboxylic acids is 1. The summed E-state index contributed by atoms with van der Waals surface area (Å²) in [7, 11) is 6.19. The second kappa shape index (κ2) is 14.7. The Morgan fingerprint density at radius 2 is 1.84 bits per heavy atom. The molecule has 1 aliphatic rings. The van der Waals surface area contributed by atoms with E-state index in [1.54, 1.807) is 10.8 Å². The Bertz CT molecular complexity index is 1570. The molecule has 1 atom stereocenters. The van der Waals surface area contributed by atoms with Crippen molar-refractivity contribution < 1.29 is 27.9 Å². The number of pyridine rings is 1. The number of rotatable bonds is 8. The summed E-state index contributed by atoms with van der Waals surface area (Å²) in [6.45, 7) is 4.93. The first-order chi connectivity index (χ1) is 20.7. The minimum absolute atomic E-state index is 0.0927. The summed E-state index contributed by atoms with van der Waals surface area (Å²) >= 11 is 0. The van der Waals surface area contributed by atoms with Gasteiger partial charge in [-0.3, -0.25) is 14.2 Å². The van der Waals surface area contributed by atoms with Crippen molar-refractivity contribution in [2.75, 3.05) is 57.5 Å². The lowest BCUT2D eigenvalue weighted by atomic mass is 10.0. The largest absolute Gasteiger partial charge is 0.490 e. The van der Waals surface area contributed by atoms with Gasteiger partial charge in [-0.1, -0.05) is 12.8 Å². The number of aliphatic carboxylic acids is 1. The van der Waals surface area contributed by atoms with Crippen LogP contribution in [0.5, 0.6) is 0 Å². The van der Waals surface area contributed by atoms with E-state index in [0.717, 1.165) is 37.3 Å². The van der Waals surface area contributed by atoms with Crippen LogP contribution in [0, 0.1) is 12.3 Å². The number of benzene rings is 1. The number of carboxylic acid groups (broad SMARTS) is 1. The highest BCUT2D eigenvalue weighted by Crippen LogP contribution is 2.26. The fourth-order valence-corrected chi connectivity index (χ4v) is 4.68. The van der Waals surface area contributed by atoms with Gasteiger partial charge in [-0.05, 0) is 51.2 Å². The predicted octanol–water partition coefficient (Wildman–Crippen LogP) is 3.72. The molecule has 2 N–H and O–H groups in total. The number of hydrogen-bond donors (Lipinski definition) is 2. The molecule has 1 aromatic carbocycles. The van der Waals surface area contributed by atoms with E-state index in [1.807, 2.05) is 36.1 Å². The van der Waals surface area contributed by atoms with Crippen LogP contribution in [0.15, 0.2) is 41.3 Å². The van der Waals surface area contributed by atoms with Crippen molar-refractivity contribution in [3.8, 4) is 12.3 Å². The summed E-state index contributed by atoms with van der Waals surface area (Å²) < 4.78 is 33.4. The van der Waals surface area contributed by atoms with Gasteiger partial charge in [0.25, 0.3) is 5.56 Å². The summed E-state index contributed by atoms with van der Waals surface area (Å²) in [4.78, 5) is 49.9. The molecule has 0 spiro atoms. The molecule has 1 fully saturated rings. The Hall–Kier alpha value is -4.64. The number of alkyl halides is 3. The number of fused-ring (bicyclic) bond motifs is 1. The van der Waals surface area contributed by atoms with Crippen LogP contribution in [-0.4, -0.2) is 94.8 Å². The van der Waals surface area contributed by atoms with Gasteiger partial charge in [0.05, 0.1) is 11.4 Å². The fourth-order valence-electron chi connectivity index (χ4n) is 4.68. The van der Waals surface area contributed by atoms with E-state index in [-0.39, 0.29) is 17.5 Å². The first-order valence-corrected chi connectivity index (χ1v) is 13.9. The lowest BCUT2D eigenvalue weighted by molar-refractivity contribution is -0.192. The number of halogens is 3. The Labute approximate surface area is 253 Å². The standard InChI is InChI=1S/C28H35N7O2.C2HF3O2/c1-6-20-17-26(37)35(23-9-8-14-34(19-23)25(36)7-2)27-24(20)18-29-28(31-27)30-21-10-12-22(13-11-21)33(5)16-15-32(3)4;3-2(4,5)1(6)7/h1,10-13,17-18,23H,7-9,14-16,19H2,2-5H3,(H,29,30,31);(H,6,7)/t23-;/m1./s1. The number of anilines is 3. The second-order valence-corrected chi connectivity index (χ2v) is 10.5. The number of piperidine rings is 1. The normalized spacial score (nSPS) is 14.9. The number of carbonyl (C=O) groups is 2. The molecule has 0 unspecified atom stereocenters. The summed E-state index contributed by atoms with van der Waals surface area (Å²) in [5, 5.41) is 11.0.